The zero-order chi connectivity index (χ0) is 21.9. The maximum Gasteiger partial charge on any atom is 0.259 e. The average Bonchev–Trinajstić information content (AvgIpc) is 2.74. The van der Waals surface area contributed by atoms with Gasteiger partial charge >= 0.3 is 0 Å². The maximum absolute atomic E-state index is 13.0. The van der Waals surface area contributed by atoms with Gasteiger partial charge in [-0.3, -0.25) is 9.59 Å². The molecule has 0 unspecified atom stereocenters. The van der Waals surface area contributed by atoms with Crippen molar-refractivity contribution in [3.05, 3.63) is 89.9 Å². The van der Waals surface area contributed by atoms with Crippen LogP contribution in [0, 0.1) is 0 Å². The molecule has 2 N–H and O–H groups in total. The van der Waals surface area contributed by atoms with Crippen LogP contribution in [-0.2, 0) is 9.53 Å². The number of aliphatic hydroxyl groups excluding tert-OH is 1. The molecule has 0 atom stereocenters. The van der Waals surface area contributed by atoms with Gasteiger partial charge in [0.15, 0.2) is 6.29 Å². The van der Waals surface area contributed by atoms with E-state index in [-0.39, 0.29) is 11.3 Å². The number of hydrogen-bond acceptors (Lipinski definition) is 4. The Hall–Kier alpha value is -3.60. The highest BCUT2D eigenvalue weighted by molar-refractivity contribution is 6.08. The fourth-order valence-corrected chi connectivity index (χ4v) is 2.75. The molecule has 0 fully saturated rings. The molecule has 0 radical (unpaired) electrons. The van der Waals surface area contributed by atoms with Crippen molar-refractivity contribution in [2.45, 2.75) is 26.7 Å². The summed E-state index contributed by atoms with van der Waals surface area (Å²) in [5.74, 6) is -0.207. The lowest BCUT2D eigenvalue weighted by Crippen LogP contribution is -2.17. The number of carbonyl (C=O) groups excluding carboxylic acids is 2. The summed E-state index contributed by atoms with van der Waals surface area (Å²) in [4.78, 5) is 24.5. The van der Waals surface area contributed by atoms with E-state index < -0.39 is 5.91 Å². The second-order valence-corrected chi connectivity index (χ2v) is 6.74. The van der Waals surface area contributed by atoms with Crippen LogP contribution in [0.15, 0.2) is 84.4 Å². The Bertz CT molecular complexity index is 958. The number of unbranched alkanes of at least 4 members (excludes halogenated alkanes) is 1. The van der Waals surface area contributed by atoms with Gasteiger partial charge in [-0.1, -0.05) is 56.3 Å². The highest BCUT2D eigenvalue weighted by Gasteiger charge is 2.15. The third-order valence-electron chi connectivity index (χ3n) is 4.42. The largest absolute Gasteiger partial charge is 0.509 e. The third kappa shape index (κ3) is 6.48. The van der Waals surface area contributed by atoms with E-state index in [0.717, 1.165) is 24.0 Å². The summed E-state index contributed by atoms with van der Waals surface area (Å²) in [6.07, 6.45) is 5.29. The monoisotopic (exact) mass is 405 g/mol. The number of rotatable bonds is 10. The number of carbonyl (C=O) groups is 2. The molecular formula is C25H27NO4. The van der Waals surface area contributed by atoms with Gasteiger partial charge in [-0.25, -0.2) is 0 Å². The number of aliphatic hydroxyl groups is 1. The van der Waals surface area contributed by atoms with Gasteiger partial charge < -0.3 is 15.2 Å². The van der Waals surface area contributed by atoms with Gasteiger partial charge in [0.05, 0.1) is 17.9 Å². The average molecular weight is 405 g/mol. The molecule has 0 heterocycles. The lowest BCUT2D eigenvalue weighted by Gasteiger charge is -2.13. The highest BCUT2D eigenvalue weighted by Crippen LogP contribution is 2.26. The van der Waals surface area contributed by atoms with Gasteiger partial charge in [0.1, 0.15) is 11.5 Å². The van der Waals surface area contributed by atoms with Crippen LogP contribution < -0.4 is 5.32 Å². The van der Waals surface area contributed by atoms with Crippen molar-refractivity contribution >= 4 is 17.9 Å². The minimum atomic E-state index is -0.449. The fourth-order valence-electron chi connectivity index (χ4n) is 2.75. The van der Waals surface area contributed by atoms with Crippen molar-refractivity contribution in [3.8, 4) is 11.1 Å². The summed E-state index contributed by atoms with van der Waals surface area (Å²) >= 11 is 0. The molecule has 0 aliphatic heterocycles. The molecular weight excluding hydrogens is 378 g/mol. The van der Waals surface area contributed by atoms with Gasteiger partial charge in [-0.2, -0.15) is 0 Å². The molecule has 2 rings (SSSR count). The SMILES string of the molecule is C=C(O)/C=C\C(C(=O)Nc1cc(-c2ccccc2)ccc1C=O)=C(/C)OCCCC. The first-order chi connectivity index (χ1) is 14.5. The van der Waals surface area contributed by atoms with Crippen LogP contribution >= 0.6 is 0 Å². The summed E-state index contributed by atoms with van der Waals surface area (Å²) in [6.45, 7) is 7.63. The Morgan fingerprint density at radius 2 is 1.87 bits per heavy atom. The van der Waals surface area contributed by atoms with E-state index in [2.05, 4.69) is 11.9 Å². The van der Waals surface area contributed by atoms with E-state index in [0.29, 0.717) is 29.9 Å². The lowest BCUT2D eigenvalue weighted by molar-refractivity contribution is -0.112. The van der Waals surface area contributed by atoms with Gasteiger partial charge in [0, 0.05) is 5.56 Å². The summed E-state index contributed by atoms with van der Waals surface area (Å²) in [6, 6.07) is 14.9. The van der Waals surface area contributed by atoms with Crippen molar-refractivity contribution in [2.24, 2.45) is 0 Å². The molecule has 0 saturated heterocycles. The number of benzene rings is 2. The standard InChI is InChI=1S/C25H27NO4/c1-4-5-15-30-19(3)23(14-11-18(2)28)25(29)26-24-16-21(12-13-22(24)17-27)20-9-7-6-8-10-20/h6-14,16-17,28H,2,4-5,15H2,1,3H3,(H,26,29)/b14-11-,23-19-. The zero-order valence-corrected chi connectivity index (χ0v) is 17.4. The molecule has 0 bridgehead atoms. The van der Waals surface area contributed by atoms with Gasteiger partial charge in [0.25, 0.3) is 5.91 Å². The van der Waals surface area contributed by atoms with E-state index in [1.54, 1.807) is 19.1 Å². The Labute approximate surface area is 177 Å². The van der Waals surface area contributed by atoms with E-state index in [1.165, 1.54) is 12.2 Å². The smallest absolute Gasteiger partial charge is 0.259 e. The van der Waals surface area contributed by atoms with Crippen molar-refractivity contribution in [2.75, 3.05) is 11.9 Å². The second-order valence-electron chi connectivity index (χ2n) is 6.74. The molecule has 0 aliphatic carbocycles. The van der Waals surface area contributed by atoms with E-state index in [1.807, 2.05) is 43.3 Å². The van der Waals surface area contributed by atoms with Gasteiger partial charge in [-0.05, 0) is 48.8 Å². The first kappa shape index (κ1) is 22.7. The summed E-state index contributed by atoms with van der Waals surface area (Å²) < 4.78 is 5.67. The Morgan fingerprint density at radius 1 is 1.13 bits per heavy atom. The minimum Gasteiger partial charge on any atom is -0.509 e. The first-order valence-corrected chi connectivity index (χ1v) is 9.81. The summed E-state index contributed by atoms with van der Waals surface area (Å²) in [5, 5.41) is 12.2. The molecule has 30 heavy (non-hydrogen) atoms. The molecule has 0 spiro atoms. The Balaban J connectivity index is 2.36. The minimum absolute atomic E-state index is 0.179. The van der Waals surface area contributed by atoms with Crippen LogP contribution in [0.1, 0.15) is 37.0 Å². The number of anilines is 1. The molecule has 5 nitrogen and oxygen atoms in total. The van der Waals surface area contributed by atoms with E-state index in [4.69, 9.17) is 4.74 Å². The van der Waals surface area contributed by atoms with Crippen molar-refractivity contribution in [1.29, 1.82) is 0 Å². The topological polar surface area (TPSA) is 75.6 Å². The predicted molar refractivity (Wildman–Crippen MR) is 120 cm³/mol. The van der Waals surface area contributed by atoms with Crippen LogP contribution in [0.2, 0.25) is 0 Å². The van der Waals surface area contributed by atoms with Crippen LogP contribution in [0.5, 0.6) is 0 Å². The molecule has 5 heteroatoms. The summed E-state index contributed by atoms with van der Waals surface area (Å²) in [7, 11) is 0. The number of ether oxygens (including phenoxy) is 1. The zero-order valence-electron chi connectivity index (χ0n) is 17.4. The van der Waals surface area contributed by atoms with Crippen LogP contribution in [0.25, 0.3) is 11.1 Å². The number of aldehydes is 1. The predicted octanol–water partition coefficient (Wildman–Crippen LogP) is 5.82. The molecule has 2 aromatic rings. The fraction of sp³-hybridized carbons (Fsp3) is 0.200. The Kier molecular flexibility index (Phi) is 8.63. The molecule has 156 valence electrons. The number of nitrogens with one attached hydrogen (secondary N) is 1. The molecule has 2 aromatic carbocycles. The van der Waals surface area contributed by atoms with Crippen LogP contribution in [0.3, 0.4) is 0 Å². The molecule has 0 saturated carbocycles. The van der Waals surface area contributed by atoms with Crippen LogP contribution in [-0.4, -0.2) is 23.9 Å². The maximum atomic E-state index is 13.0. The highest BCUT2D eigenvalue weighted by atomic mass is 16.5. The first-order valence-electron chi connectivity index (χ1n) is 9.81. The molecule has 0 aliphatic rings. The quantitative estimate of drug-likeness (QED) is 0.172. The lowest BCUT2D eigenvalue weighted by atomic mass is 10.0. The van der Waals surface area contributed by atoms with E-state index >= 15 is 0 Å². The number of hydrogen-bond donors (Lipinski definition) is 2. The van der Waals surface area contributed by atoms with Gasteiger partial charge in [0.2, 0.25) is 0 Å². The summed E-state index contributed by atoms with van der Waals surface area (Å²) in [5.41, 5.74) is 2.84. The van der Waals surface area contributed by atoms with Crippen LogP contribution in [0.4, 0.5) is 5.69 Å². The van der Waals surface area contributed by atoms with Crippen molar-refractivity contribution < 1.29 is 19.4 Å². The normalized spacial score (nSPS) is 11.7. The number of allylic oxidation sites excluding steroid dienone is 2. The molecule has 1 amide bonds. The van der Waals surface area contributed by atoms with Crippen molar-refractivity contribution in [3.63, 3.8) is 0 Å². The Morgan fingerprint density at radius 3 is 2.50 bits per heavy atom. The number of amides is 1. The molecule has 0 aromatic heterocycles. The third-order valence-corrected chi connectivity index (χ3v) is 4.42. The second kappa shape index (κ2) is 11.4. The van der Waals surface area contributed by atoms with E-state index in [9.17, 15) is 14.7 Å². The van der Waals surface area contributed by atoms with Gasteiger partial charge in [-0.15, -0.1) is 0 Å². The van der Waals surface area contributed by atoms with Crippen molar-refractivity contribution in [1.82, 2.24) is 0 Å².